The van der Waals surface area contributed by atoms with E-state index in [1.165, 1.54) is 0 Å². The molecule has 6 nitrogen and oxygen atoms in total. The van der Waals surface area contributed by atoms with Crippen LogP contribution in [0.3, 0.4) is 0 Å². The maximum absolute atomic E-state index is 12.6. The second kappa shape index (κ2) is 8.94. The normalized spacial score (nSPS) is 15.7. The molecular weight excluding hydrogens is 342 g/mol. The molecule has 25 heavy (non-hydrogen) atoms. The molecule has 0 bridgehead atoms. The summed E-state index contributed by atoms with van der Waals surface area (Å²) in [5.41, 5.74) is 0. The quantitative estimate of drug-likeness (QED) is 0.804. The van der Waals surface area contributed by atoms with Crippen molar-refractivity contribution in [3.8, 4) is 5.75 Å². The lowest BCUT2D eigenvalue weighted by atomic mass is 10.2. The first kappa shape index (κ1) is 19.4. The molecule has 1 atom stereocenters. The van der Waals surface area contributed by atoms with Crippen molar-refractivity contribution in [2.45, 2.75) is 26.9 Å². The van der Waals surface area contributed by atoms with E-state index in [9.17, 15) is 9.59 Å². The number of hydrogen-bond donors (Lipinski definition) is 0. The Morgan fingerprint density at radius 3 is 2.12 bits per heavy atom. The first-order valence-electron chi connectivity index (χ1n) is 8.71. The molecule has 1 aromatic carbocycles. The predicted octanol–water partition coefficient (Wildman–Crippen LogP) is 2.71. The number of benzene rings is 1. The zero-order valence-corrected chi connectivity index (χ0v) is 15.8. The maximum atomic E-state index is 12.6. The number of halogens is 1. The van der Waals surface area contributed by atoms with E-state index in [4.69, 9.17) is 16.3 Å². The zero-order chi connectivity index (χ0) is 18.4. The number of carbonyl (C=O) groups excluding carboxylic acids is 2. The number of amides is 3. The Morgan fingerprint density at radius 1 is 1.08 bits per heavy atom. The molecule has 0 N–H and O–H groups in total. The molecule has 1 fully saturated rings. The molecule has 0 aromatic heterocycles. The van der Waals surface area contributed by atoms with Gasteiger partial charge in [0.25, 0.3) is 5.91 Å². The average Bonchev–Trinajstić information content (AvgIpc) is 2.64. The smallest absolute Gasteiger partial charge is 0.320 e. The molecule has 0 aliphatic carbocycles. The van der Waals surface area contributed by atoms with Crippen LogP contribution in [0, 0.1) is 0 Å². The van der Waals surface area contributed by atoms with E-state index < -0.39 is 6.10 Å². The van der Waals surface area contributed by atoms with Crippen LogP contribution in [0.25, 0.3) is 0 Å². The SMILES string of the molecule is CCN(CC)C(=O)N1CCN(C(=O)C(C)Oc2ccc(Cl)cc2)CC1. The highest BCUT2D eigenvalue weighted by molar-refractivity contribution is 6.30. The molecule has 0 spiro atoms. The molecule has 0 radical (unpaired) electrons. The van der Waals surface area contributed by atoms with Crippen LogP contribution in [0.5, 0.6) is 5.75 Å². The minimum absolute atomic E-state index is 0.0440. The van der Waals surface area contributed by atoms with Gasteiger partial charge in [-0.2, -0.15) is 0 Å². The molecule has 1 aromatic rings. The van der Waals surface area contributed by atoms with Crippen LogP contribution < -0.4 is 4.74 Å². The molecule has 0 saturated carbocycles. The monoisotopic (exact) mass is 367 g/mol. The van der Waals surface area contributed by atoms with Gasteiger partial charge in [0.05, 0.1) is 0 Å². The third kappa shape index (κ3) is 5.01. The lowest BCUT2D eigenvalue weighted by Gasteiger charge is -2.37. The fraction of sp³-hybridized carbons (Fsp3) is 0.556. The lowest BCUT2D eigenvalue weighted by Crippen LogP contribution is -2.55. The molecule has 138 valence electrons. The summed E-state index contributed by atoms with van der Waals surface area (Å²) in [4.78, 5) is 30.3. The van der Waals surface area contributed by atoms with Crippen LogP contribution in [-0.4, -0.2) is 72.0 Å². The van der Waals surface area contributed by atoms with Gasteiger partial charge in [0, 0.05) is 44.3 Å². The second-order valence-electron chi connectivity index (χ2n) is 5.98. The summed E-state index contributed by atoms with van der Waals surface area (Å²) in [6.45, 7) is 9.23. The van der Waals surface area contributed by atoms with Gasteiger partial charge in [-0.3, -0.25) is 4.79 Å². The Bertz CT molecular complexity index is 582. The summed E-state index contributed by atoms with van der Waals surface area (Å²) in [6.07, 6.45) is -0.578. The van der Waals surface area contributed by atoms with E-state index in [1.54, 1.807) is 41.0 Å². The van der Waals surface area contributed by atoms with E-state index in [0.717, 1.165) is 0 Å². The van der Waals surface area contributed by atoms with Gasteiger partial charge in [0.2, 0.25) is 0 Å². The van der Waals surface area contributed by atoms with E-state index in [0.29, 0.717) is 50.0 Å². The lowest BCUT2D eigenvalue weighted by molar-refractivity contribution is -0.139. The first-order chi connectivity index (χ1) is 12.0. The highest BCUT2D eigenvalue weighted by Gasteiger charge is 2.29. The largest absolute Gasteiger partial charge is 0.481 e. The van der Waals surface area contributed by atoms with Gasteiger partial charge in [-0.05, 0) is 45.0 Å². The summed E-state index contributed by atoms with van der Waals surface area (Å²) < 4.78 is 5.69. The molecule has 1 heterocycles. The highest BCUT2D eigenvalue weighted by Crippen LogP contribution is 2.18. The van der Waals surface area contributed by atoms with Crippen LogP contribution in [0.15, 0.2) is 24.3 Å². The van der Waals surface area contributed by atoms with Crippen molar-refractivity contribution in [2.24, 2.45) is 0 Å². The van der Waals surface area contributed by atoms with E-state index in [-0.39, 0.29) is 11.9 Å². The number of hydrogen-bond acceptors (Lipinski definition) is 3. The van der Waals surface area contributed by atoms with Crippen LogP contribution in [0.4, 0.5) is 4.79 Å². The van der Waals surface area contributed by atoms with Crippen molar-refractivity contribution >= 4 is 23.5 Å². The fourth-order valence-electron chi connectivity index (χ4n) is 2.84. The first-order valence-corrected chi connectivity index (χ1v) is 9.08. The fourth-order valence-corrected chi connectivity index (χ4v) is 2.96. The number of urea groups is 1. The van der Waals surface area contributed by atoms with Crippen LogP contribution in [-0.2, 0) is 4.79 Å². The standard InChI is InChI=1S/C18H26ClN3O3/c1-4-20(5-2)18(24)22-12-10-21(11-13-22)17(23)14(3)25-16-8-6-15(19)7-9-16/h6-9,14H,4-5,10-13H2,1-3H3. The molecule has 1 saturated heterocycles. The Kier molecular flexibility index (Phi) is 6.93. The predicted molar refractivity (Wildman–Crippen MR) is 98.0 cm³/mol. The number of piperazine rings is 1. The summed E-state index contributed by atoms with van der Waals surface area (Å²) in [5, 5.41) is 0.625. The van der Waals surface area contributed by atoms with Crippen molar-refractivity contribution in [3.05, 3.63) is 29.3 Å². The van der Waals surface area contributed by atoms with Crippen molar-refractivity contribution in [2.75, 3.05) is 39.3 Å². The Balaban J connectivity index is 1.86. The molecular formula is C18H26ClN3O3. The van der Waals surface area contributed by atoms with Gasteiger partial charge in [-0.25, -0.2) is 4.79 Å². The van der Waals surface area contributed by atoms with Gasteiger partial charge in [-0.15, -0.1) is 0 Å². The average molecular weight is 368 g/mol. The van der Waals surface area contributed by atoms with Crippen LogP contribution in [0.2, 0.25) is 5.02 Å². The van der Waals surface area contributed by atoms with Gasteiger partial charge in [-0.1, -0.05) is 11.6 Å². The van der Waals surface area contributed by atoms with E-state index in [2.05, 4.69) is 0 Å². The highest BCUT2D eigenvalue weighted by atomic mass is 35.5. The molecule has 3 amide bonds. The van der Waals surface area contributed by atoms with Crippen molar-refractivity contribution in [1.29, 1.82) is 0 Å². The van der Waals surface area contributed by atoms with E-state index in [1.807, 2.05) is 18.7 Å². The topological polar surface area (TPSA) is 53.1 Å². The summed E-state index contributed by atoms with van der Waals surface area (Å²) in [7, 11) is 0. The second-order valence-corrected chi connectivity index (χ2v) is 6.42. The summed E-state index contributed by atoms with van der Waals surface area (Å²) in [5.74, 6) is 0.547. The minimum atomic E-state index is -0.578. The minimum Gasteiger partial charge on any atom is -0.481 e. The number of rotatable bonds is 5. The Hall–Kier alpha value is -1.95. The molecule has 1 aliphatic rings. The summed E-state index contributed by atoms with van der Waals surface area (Å²) >= 11 is 5.85. The van der Waals surface area contributed by atoms with Gasteiger partial charge in [0.1, 0.15) is 5.75 Å². The Morgan fingerprint density at radius 2 is 1.60 bits per heavy atom. The molecule has 7 heteroatoms. The molecule has 1 aliphatic heterocycles. The Labute approximate surface area is 154 Å². The zero-order valence-electron chi connectivity index (χ0n) is 15.1. The van der Waals surface area contributed by atoms with Crippen molar-refractivity contribution in [1.82, 2.24) is 14.7 Å². The molecule has 2 rings (SSSR count). The third-order valence-corrected chi connectivity index (χ3v) is 4.62. The maximum Gasteiger partial charge on any atom is 0.320 e. The van der Waals surface area contributed by atoms with E-state index >= 15 is 0 Å². The van der Waals surface area contributed by atoms with Crippen molar-refractivity contribution in [3.63, 3.8) is 0 Å². The van der Waals surface area contributed by atoms with Gasteiger partial charge < -0.3 is 19.4 Å². The third-order valence-electron chi connectivity index (χ3n) is 4.37. The number of ether oxygens (including phenoxy) is 1. The van der Waals surface area contributed by atoms with Crippen LogP contribution in [0.1, 0.15) is 20.8 Å². The summed E-state index contributed by atoms with van der Waals surface area (Å²) in [6, 6.07) is 6.99. The van der Waals surface area contributed by atoms with Crippen LogP contribution >= 0.6 is 11.6 Å². The van der Waals surface area contributed by atoms with Gasteiger partial charge >= 0.3 is 6.03 Å². The number of nitrogens with zero attached hydrogens (tertiary/aromatic N) is 3. The van der Waals surface area contributed by atoms with Gasteiger partial charge in [0.15, 0.2) is 6.10 Å². The molecule has 1 unspecified atom stereocenters. The van der Waals surface area contributed by atoms with Crippen molar-refractivity contribution < 1.29 is 14.3 Å². The number of carbonyl (C=O) groups is 2.